The highest BCUT2D eigenvalue weighted by molar-refractivity contribution is 5.97. The Bertz CT molecular complexity index is 3640. The number of imidazole rings is 2. The summed E-state index contributed by atoms with van der Waals surface area (Å²) in [5, 5.41) is 0. The SMILES string of the molecule is c1ccc(-n2c(-c3ccc(-c4ccc5c(c4)C4(c6ccccc6-c6ccccc64)c4cc(-c6ccc(-c7nc8ccccc8n7-c7ccccc7)cc6)ccc4-5)cc3)nc3ccccc32)cc1. The summed E-state index contributed by atoms with van der Waals surface area (Å²) in [6.45, 7) is 0. The van der Waals surface area contributed by atoms with Crippen LogP contribution in [0.5, 0.6) is 0 Å². The Balaban J connectivity index is 0.890. The van der Waals surface area contributed by atoms with Gasteiger partial charge in [0, 0.05) is 22.5 Å². The van der Waals surface area contributed by atoms with Crippen molar-refractivity contribution in [1.82, 2.24) is 19.1 Å². The fourth-order valence-electron chi connectivity index (χ4n) is 11.2. The first kappa shape index (κ1) is 37.5. The van der Waals surface area contributed by atoms with Crippen LogP contribution in [0.2, 0.25) is 0 Å². The lowest BCUT2D eigenvalue weighted by Gasteiger charge is -2.31. The molecule has 0 bridgehead atoms. The molecule has 0 aliphatic heterocycles. The van der Waals surface area contributed by atoms with Gasteiger partial charge in [0.1, 0.15) is 11.6 Å². The standard InChI is InChI=1S/C63H40N4/c1-3-15-47(16-4-1)66-59-25-13-11-23-57(59)64-61(66)43-31-27-41(28-32-43)45-35-37-51-52-38-36-46(40-56(52)63(55(51)39-45)53-21-9-7-19-49(53)50-20-8-10-22-54(50)63)42-29-33-44(34-30-42)62-65-58-24-12-14-26-60(58)67(62)48-17-5-2-6-18-48/h1-40H. The molecule has 2 aliphatic rings. The van der Waals surface area contributed by atoms with Gasteiger partial charge in [-0.3, -0.25) is 9.13 Å². The molecule has 0 amide bonds. The highest BCUT2D eigenvalue weighted by Gasteiger charge is 2.51. The molecule has 10 aromatic carbocycles. The summed E-state index contributed by atoms with van der Waals surface area (Å²) in [4.78, 5) is 10.3. The van der Waals surface area contributed by atoms with Gasteiger partial charge in [0.25, 0.3) is 0 Å². The van der Waals surface area contributed by atoms with Crippen LogP contribution in [0, 0.1) is 0 Å². The van der Waals surface area contributed by atoms with Gasteiger partial charge in [0.05, 0.1) is 27.5 Å². The number of rotatable bonds is 6. The zero-order valence-electron chi connectivity index (χ0n) is 36.4. The third-order valence-electron chi connectivity index (χ3n) is 14.2. The maximum Gasteiger partial charge on any atom is 0.145 e. The summed E-state index contributed by atoms with van der Waals surface area (Å²) < 4.78 is 4.53. The zero-order valence-corrected chi connectivity index (χ0v) is 36.4. The van der Waals surface area contributed by atoms with Gasteiger partial charge in [-0.15, -0.1) is 0 Å². The molecule has 0 saturated heterocycles. The smallest absolute Gasteiger partial charge is 0.145 e. The zero-order chi connectivity index (χ0) is 44.1. The molecule has 67 heavy (non-hydrogen) atoms. The molecule has 14 rings (SSSR count). The van der Waals surface area contributed by atoms with Gasteiger partial charge in [-0.05, 0) is 127 Å². The van der Waals surface area contributed by atoms with E-state index in [1.807, 2.05) is 0 Å². The monoisotopic (exact) mass is 852 g/mol. The molecule has 0 saturated carbocycles. The van der Waals surface area contributed by atoms with Crippen LogP contribution in [0.25, 0.3) is 101 Å². The molecule has 1 spiro atoms. The van der Waals surface area contributed by atoms with E-state index in [2.05, 4.69) is 252 Å². The number of benzene rings is 10. The molecule has 4 nitrogen and oxygen atoms in total. The van der Waals surface area contributed by atoms with Crippen LogP contribution in [0.15, 0.2) is 243 Å². The van der Waals surface area contributed by atoms with E-state index in [0.29, 0.717) is 0 Å². The number of fused-ring (bicyclic) bond motifs is 12. The molecule has 0 radical (unpaired) electrons. The Morgan fingerprint density at radius 2 is 0.612 bits per heavy atom. The van der Waals surface area contributed by atoms with Crippen molar-refractivity contribution in [2.45, 2.75) is 5.41 Å². The second-order valence-corrected chi connectivity index (χ2v) is 17.7. The Morgan fingerprint density at radius 3 is 1.06 bits per heavy atom. The number of para-hydroxylation sites is 6. The summed E-state index contributed by atoms with van der Waals surface area (Å²) in [5.41, 5.74) is 23.1. The van der Waals surface area contributed by atoms with Gasteiger partial charge in [0.15, 0.2) is 0 Å². The molecule has 312 valence electrons. The van der Waals surface area contributed by atoms with Crippen molar-refractivity contribution in [2.75, 3.05) is 0 Å². The van der Waals surface area contributed by atoms with E-state index in [4.69, 9.17) is 9.97 Å². The van der Waals surface area contributed by atoms with Gasteiger partial charge in [-0.25, -0.2) is 9.97 Å². The Morgan fingerprint density at radius 1 is 0.269 bits per heavy atom. The summed E-state index contributed by atoms with van der Waals surface area (Å²) in [6, 6.07) is 88.1. The molecule has 12 aromatic rings. The summed E-state index contributed by atoms with van der Waals surface area (Å²) in [7, 11) is 0. The fraction of sp³-hybridized carbons (Fsp3) is 0.0159. The Kier molecular flexibility index (Phi) is 8.16. The molecular formula is C63H40N4. The minimum atomic E-state index is -0.495. The van der Waals surface area contributed by atoms with Gasteiger partial charge >= 0.3 is 0 Å². The third-order valence-corrected chi connectivity index (χ3v) is 14.2. The molecule has 2 aromatic heterocycles. The van der Waals surface area contributed by atoms with Gasteiger partial charge in [0.2, 0.25) is 0 Å². The topological polar surface area (TPSA) is 35.6 Å². The fourth-order valence-corrected chi connectivity index (χ4v) is 11.2. The normalized spacial score (nSPS) is 12.9. The molecule has 2 heterocycles. The molecule has 4 heteroatoms. The molecular weight excluding hydrogens is 813 g/mol. The van der Waals surface area contributed by atoms with Crippen LogP contribution in [0.1, 0.15) is 22.3 Å². The second-order valence-electron chi connectivity index (χ2n) is 17.7. The van der Waals surface area contributed by atoms with Crippen LogP contribution in [0.4, 0.5) is 0 Å². The van der Waals surface area contributed by atoms with Gasteiger partial charge in [-0.2, -0.15) is 0 Å². The van der Waals surface area contributed by atoms with E-state index < -0.39 is 5.41 Å². The van der Waals surface area contributed by atoms with Crippen LogP contribution in [-0.2, 0) is 5.41 Å². The minimum absolute atomic E-state index is 0.495. The first-order valence-corrected chi connectivity index (χ1v) is 23.0. The quantitative estimate of drug-likeness (QED) is 0.167. The molecule has 0 N–H and O–H groups in total. The lowest BCUT2D eigenvalue weighted by Crippen LogP contribution is -2.26. The second kappa shape index (κ2) is 14.6. The number of hydrogen-bond acceptors (Lipinski definition) is 2. The first-order valence-electron chi connectivity index (χ1n) is 23.0. The molecule has 0 atom stereocenters. The van der Waals surface area contributed by atoms with E-state index in [9.17, 15) is 0 Å². The molecule has 0 fully saturated rings. The third kappa shape index (κ3) is 5.54. The predicted molar refractivity (Wildman–Crippen MR) is 274 cm³/mol. The number of hydrogen-bond donors (Lipinski definition) is 0. The number of nitrogens with zero attached hydrogens (tertiary/aromatic N) is 4. The maximum atomic E-state index is 5.15. The van der Waals surface area contributed by atoms with Crippen LogP contribution < -0.4 is 0 Å². The van der Waals surface area contributed by atoms with Gasteiger partial charge in [-0.1, -0.05) is 182 Å². The Labute approximate surface area is 388 Å². The largest absolute Gasteiger partial charge is 0.292 e. The lowest BCUT2D eigenvalue weighted by atomic mass is 9.70. The number of aromatic nitrogens is 4. The lowest BCUT2D eigenvalue weighted by molar-refractivity contribution is 0.794. The highest BCUT2D eigenvalue weighted by Crippen LogP contribution is 2.63. The van der Waals surface area contributed by atoms with E-state index in [-0.39, 0.29) is 0 Å². The van der Waals surface area contributed by atoms with E-state index in [1.54, 1.807) is 0 Å². The van der Waals surface area contributed by atoms with Crippen molar-refractivity contribution >= 4 is 22.1 Å². The van der Waals surface area contributed by atoms with Crippen molar-refractivity contribution in [3.63, 3.8) is 0 Å². The van der Waals surface area contributed by atoms with E-state index in [1.165, 1.54) is 66.8 Å². The van der Waals surface area contributed by atoms with Crippen molar-refractivity contribution in [1.29, 1.82) is 0 Å². The predicted octanol–water partition coefficient (Wildman–Crippen LogP) is 15.4. The average molecular weight is 853 g/mol. The highest BCUT2D eigenvalue weighted by atomic mass is 15.1. The maximum absolute atomic E-state index is 5.15. The van der Waals surface area contributed by atoms with E-state index >= 15 is 0 Å². The first-order chi connectivity index (χ1) is 33.2. The van der Waals surface area contributed by atoms with Crippen molar-refractivity contribution in [3.05, 3.63) is 265 Å². The van der Waals surface area contributed by atoms with Crippen molar-refractivity contribution < 1.29 is 0 Å². The van der Waals surface area contributed by atoms with Crippen LogP contribution in [0.3, 0.4) is 0 Å². The summed E-state index contributed by atoms with van der Waals surface area (Å²) >= 11 is 0. The van der Waals surface area contributed by atoms with Crippen LogP contribution >= 0.6 is 0 Å². The van der Waals surface area contributed by atoms with Gasteiger partial charge < -0.3 is 0 Å². The molecule has 2 aliphatic carbocycles. The Hall–Kier alpha value is -8.86. The van der Waals surface area contributed by atoms with E-state index in [0.717, 1.165) is 56.2 Å². The van der Waals surface area contributed by atoms with Crippen LogP contribution in [-0.4, -0.2) is 19.1 Å². The van der Waals surface area contributed by atoms with Crippen molar-refractivity contribution in [3.8, 4) is 78.7 Å². The minimum Gasteiger partial charge on any atom is -0.292 e. The van der Waals surface area contributed by atoms with Crippen molar-refractivity contribution in [2.24, 2.45) is 0 Å². The molecule has 0 unspecified atom stereocenters. The summed E-state index contributed by atoms with van der Waals surface area (Å²) in [6.07, 6.45) is 0. The average Bonchev–Trinajstić information content (AvgIpc) is 4.15. The summed E-state index contributed by atoms with van der Waals surface area (Å²) in [5.74, 6) is 1.86.